The Morgan fingerprint density at radius 1 is 0.957 bits per heavy atom. The highest BCUT2D eigenvalue weighted by Gasteiger charge is 2.15. The molecule has 0 atom stereocenters. The molecule has 1 aromatic heterocycles. The molecule has 1 heterocycles. The first-order chi connectivity index (χ1) is 10.8. The summed E-state index contributed by atoms with van der Waals surface area (Å²) in [4.78, 5) is 45.1. The van der Waals surface area contributed by atoms with Gasteiger partial charge in [0.25, 0.3) is 0 Å². The summed E-state index contributed by atoms with van der Waals surface area (Å²) in [7, 11) is 0. The summed E-state index contributed by atoms with van der Waals surface area (Å²) in [5.41, 5.74) is -0.711. The Labute approximate surface area is 130 Å². The molecule has 0 aliphatic carbocycles. The van der Waals surface area contributed by atoms with E-state index in [1.807, 2.05) is 0 Å². The molecule has 0 aliphatic rings. The van der Waals surface area contributed by atoms with Crippen molar-refractivity contribution < 1.29 is 28.3 Å². The van der Waals surface area contributed by atoms with Gasteiger partial charge in [0.15, 0.2) is 11.5 Å². The largest absolute Gasteiger partial charge is 0.423 e. The van der Waals surface area contributed by atoms with Crippen LogP contribution in [0, 0.1) is 0 Å². The lowest BCUT2D eigenvalue weighted by molar-refractivity contribution is -0.134. The van der Waals surface area contributed by atoms with Gasteiger partial charge in [-0.05, 0) is 12.1 Å². The lowest BCUT2D eigenvalue weighted by Crippen LogP contribution is -2.14. The van der Waals surface area contributed by atoms with Gasteiger partial charge in [-0.25, -0.2) is 4.79 Å². The molecule has 0 radical (unpaired) electrons. The Kier molecular flexibility index (Phi) is 4.44. The lowest BCUT2D eigenvalue weighted by atomic mass is 10.2. The number of anilines is 1. The number of carbonyl (C=O) groups is 3. The van der Waals surface area contributed by atoms with Gasteiger partial charge in [-0.2, -0.15) is 0 Å². The quantitative estimate of drug-likeness (QED) is 0.519. The topological polar surface area (TPSA) is 112 Å². The molecule has 23 heavy (non-hydrogen) atoms. The van der Waals surface area contributed by atoms with Crippen LogP contribution < -0.4 is 20.4 Å². The van der Waals surface area contributed by atoms with E-state index < -0.39 is 23.5 Å². The number of fused-ring (bicyclic) bond motifs is 1. The van der Waals surface area contributed by atoms with Gasteiger partial charge >= 0.3 is 17.6 Å². The van der Waals surface area contributed by atoms with E-state index >= 15 is 0 Å². The van der Waals surface area contributed by atoms with Crippen molar-refractivity contribution in [3.63, 3.8) is 0 Å². The van der Waals surface area contributed by atoms with E-state index in [4.69, 9.17) is 13.9 Å². The summed E-state index contributed by atoms with van der Waals surface area (Å²) in [6.07, 6.45) is 0. The normalized spacial score (nSPS) is 10.2. The summed E-state index contributed by atoms with van der Waals surface area (Å²) in [6.45, 7) is 3.62. The Balaban J connectivity index is 2.63. The Bertz CT molecular complexity index is 866. The SMILES string of the molecule is CC(=O)Nc1cc2cc(OC(C)=O)c(OC(C)=O)cc2oc1=O. The van der Waals surface area contributed by atoms with Crippen LogP contribution in [0.25, 0.3) is 11.0 Å². The lowest BCUT2D eigenvalue weighted by Gasteiger charge is -2.10. The van der Waals surface area contributed by atoms with Crippen molar-refractivity contribution in [2.24, 2.45) is 0 Å². The van der Waals surface area contributed by atoms with Gasteiger partial charge in [-0.15, -0.1) is 0 Å². The van der Waals surface area contributed by atoms with E-state index in [1.165, 1.54) is 39.0 Å². The van der Waals surface area contributed by atoms with Gasteiger partial charge in [0.2, 0.25) is 5.91 Å². The van der Waals surface area contributed by atoms with Crippen LogP contribution in [-0.2, 0) is 14.4 Å². The summed E-state index contributed by atoms with van der Waals surface area (Å²) < 4.78 is 15.0. The molecule has 0 aliphatic heterocycles. The summed E-state index contributed by atoms with van der Waals surface area (Å²) in [5, 5.41) is 2.71. The van der Waals surface area contributed by atoms with E-state index in [9.17, 15) is 19.2 Å². The predicted octanol–water partition coefficient (Wildman–Crippen LogP) is 1.60. The van der Waals surface area contributed by atoms with Crippen LogP contribution >= 0.6 is 0 Å². The fourth-order valence-electron chi connectivity index (χ4n) is 1.87. The van der Waals surface area contributed by atoms with Crippen LogP contribution in [0.1, 0.15) is 20.8 Å². The molecule has 8 heteroatoms. The summed E-state index contributed by atoms with van der Waals surface area (Å²) >= 11 is 0. The fraction of sp³-hybridized carbons (Fsp3) is 0.200. The third kappa shape index (κ3) is 3.94. The maximum absolute atomic E-state index is 11.8. The van der Waals surface area contributed by atoms with Crippen molar-refractivity contribution in [1.82, 2.24) is 0 Å². The number of esters is 2. The van der Waals surface area contributed by atoms with Gasteiger partial charge in [-0.3, -0.25) is 14.4 Å². The molecule has 2 aromatic rings. The number of benzene rings is 1. The minimum atomic E-state index is -0.762. The van der Waals surface area contributed by atoms with E-state index in [2.05, 4.69) is 5.32 Å². The minimum absolute atomic E-state index is 0.0113. The summed E-state index contributed by atoms with van der Waals surface area (Å²) in [5.74, 6) is -1.75. The average Bonchev–Trinajstić information content (AvgIpc) is 2.39. The maximum atomic E-state index is 11.8. The van der Waals surface area contributed by atoms with Crippen LogP contribution in [0.2, 0.25) is 0 Å². The monoisotopic (exact) mass is 319 g/mol. The van der Waals surface area contributed by atoms with Crippen molar-refractivity contribution >= 4 is 34.5 Å². The first kappa shape index (κ1) is 16.2. The van der Waals surface area contributed by atoms with Crippen LogP contribution in [0.5, 0.6) is 11.5 Å². The van der Waals surface area contributed by atoms with Gasteiger partial charge in [-0.1, -0.05) is 0 Å². The summed E-state index contributed by atoms with van der Waals surface area (Å²) in [6, 6.07) is 3.99. The zero-order chi connectivity index (χ0) is 17.1. The Hall–Kier alpha value is -3.16. The third-order valence-electron chi connectivity index (χ3n) is 2.62. The number of hydrogen-bond donors (Lipinski definition) is 1. The molecule has 2 rings (SSSR count). The van der Waals surface area contributed by atoms with E-state index in [0.717, 1.165) is 0 Å². The highest BCUT2D eigenvalue weighted by atomic mass is 16.6. The average molecular weight is 319 g/mol. The molecule has 1 amide bonds. The Morgan fingerprint density at radius 2 is 1.52 bits per heavy atom. The second-order valence-electron chi connectivity index (χ2n) is 4.65. The van der Waals surface area contributed by atoms with Gasteiger partial charge in [0.1, 0.15) is 11.3 Å². The predicted molar refractivity (Wildman–Crippen MR) is 79.4 cm³/mol. The van der Waals surface area contributed by atoms with Crippen molar-refractivity contribution in [2.75, 3.05) is 5.32 Å². The first-order valence-electron chi connectivity index (χ1n) is 6.52. The molecule has 0 spiro atoms. The van der Waals surface area contributed by atoms with Crippen molar-refractivity contribution in [3.8, 4) is 11.5 Å². The van der Waals surface area contributed by atoms with E-state index in [-0.39, 0.29) is 22.8 Å². The second-order valence-corrected chi connectivity index (χ2v) is 4.65. The van der Waals surface area contributed by atoms with Crippen molar-refractivity contribution in [2.45, 2.75) is 20.8 Å². The zero-order valence-corrected chi connectivity index (χ0v) is 12.6. The molecular weight excluding hydrogens is 306 g/mol. The Morgan fingerprint density at radius 3 is 2.04 bits per heavy atom. The van der Waals surface area contributed by atoms with Crippen molar-refractivity contribution in [1.29, 1.82) is 0 Å². The number of carbonyl (C=O) groups excluding carboxylic acids is 3. The molecule has 120 valence electrons. The molecule has 0 saturated heterocycles. The molecule has 0 fully saturated rings. The second kappa shape index (κ2) is 6.30. The standard InChI is InChI=1S/C15H13NO7/c1-7(17)16-11-4-10-5-13(21-8(2)18)14(22-9(3)19)6-12(10)23-15(11)20/h4-6H,1-3H3,(H,16,17). The third-order valence-corrected chi connectivity index (χ3v) is 2.62. The van der Waals surface area contributed by atoms with Crippen molar-refractivity contribution in [3.05, 3.63) is 28.6 Å². The molecular formula is C15H13NO7. The number of ether oxygens (including phenoxy) is 2. The van der Waals surface area contributed by atoms with E-state index in [1.54, 1.807) is 0 Å². The smallest absolute Gasteiger partial charge is 0.360 e. The van der Waals surface area contributed by atoms with Crippen LogP contribution in [0.15, 0.2) is 27.4 Å². The molecule has 1 aromatic carbocycles. The molecule has 8 nitrogen and oxygen atoms in total. The van der Waals surface area contributed by atoms with Gasteiger partial charge < -0.3 is 19.2 Å². The first-order valence-corrected chi connectivity index (χ1v) is 6.52. The highest BCUT2D eigenvalue weighted by Crippen LogP contribution is 2.33. The molecule has 0 saturated carbocycles. The number of amides is 1. The fourth-order valence-corrected chi connectivity index (χ4v) is 1.87. The maximum Gasteiger partial charge on any atom is 0.360 e. The van der Waals surface area contributed by atoms with E-state index in [0.29, 0.717) is 5.39 Å². The van der Waals surface area contributed by atoms with Gasteiger partial charge in [0.05, 0.1) is 0 Å². The molecule has 0 unspecified atom stereocenters. The number of rotatable bonds is 3. The number of hydrogen-bond acceptors (Lipinski definition) is 7. The minimum Gasteiger partial charge on any atom is -0.423 e. The molecule has 0 bridgehead atoms. The highest BCUT2D eigenvalue weighted by molar-refractivity contribution is 5.92. The van der Waals surface area contributed by atoms with Crippen LogP contribution in [-0.4, -0.2) is 17.8 Å². The van der Waals surface area contributed by atoms with Gasteiger partial charge in [0, 0.05) is 32.2 Å². The number of nitrogens with one attached hydrogen (secondary N) is 1. The van der Waals surface area contributed by atoms with Crippen LogP contribution in [0.4, 0.5) is 5.69 Å². The zero-order valence-electron chi connectivity index (χ0n) is 12.6. The van der Waals surface area contributed by atoms with Crippen LogP contribution in [0.3, 0.4) is 0 Å². The molecule has 1 N–H and O–H groups in total.